The number of carbonyl (C=O) groups excluding carboxylic acids is 3. The summed E-state index contributed by atoms with van der Waals surface area (Å²) in [5, 5.41) is 6.21. The number of nitrogens with zero attached hydrogens (tertiary/aromatic N) is 1. The van der Waals surface area contributed by atoms with Crippen LogP contribution in [0.1, 0.15) is 26.7 Å². The van der Waals surface area contributed by atoms with E-state index in [1.54, 1.807) is 24.3 Å². The smallest absolute Gasteiger partial charge is 0.379 e. The van der Waals surface area contributed by atoms with E-state index in [4.69, 9.17) is 18.3 Å². The van der Waals surface area contributed by atoms with Gasteiger partial charge in [0.05, 0.1) is 32.4 Å². The van der Waals surface area contributed by atoms with Gasteiger partial charge in [-0.25, -0.2) is 10.2 Å². The molecule has 30 heavy (non-hydrogen) atoms. The molecular formula is C20H17N3O7. The van der Waals surface area contributed by atoms with Gasteiger partial charge in [-0.15, -0.1) is 0 Å². The van der Waals surface area contributed by atoms with Crippen molar-refractivity contribution in [2.75, 3.05) is 13.7 Å². The molecule has 0 unspecified atom stereocenters. The third-order valence-electron chi connectivity index (χ3n) is 3.67. The number of hydrazone groups is 1. The number of benzene rings is 1. The van der Waals surface area contributed by atoms with Crippen molar-refractivity contribution in [3.05, 3.63) is 72.1 Å². The first kappa shape index (κ1) is 20.4. The largest absolute Gasteiger partial charge is 0.493 e. The van der Waals surface area contributed by atoms with E-state index >= 15 is 0 Å². The van der Waals surface area contributed by atoms with Gasteiger partial charge < -0.3 is 23.6 Å². The maximum absolute atomic E-state index is 12.0. The quantitative estimate of drug-likeness (QED) is 0.251. The Morgan fingerprint density at radius 1 is 1.03 bits per heavy atom. The van der Waals surface area contributed by atoms with Crippen molar-refractivity contribution in [3.63, 3.8) is 0 Å². The van der Waals surface area contributed by atoms with Gasteiger partial charge >= 0.3 is 5.97 Å². The molecule has 10 heteroatoms. The van der Waals surface area contributed by atoms with Gasteiger partial charge in [-0.2, -0.15) is 5.10 Å². The number of hydrogen-bond acceptors (Lipinski definition) is 8. The number of furan rings is 2. The summed E-state index contributed by atoms with van der Waals surface area (Å²) < 4.78 is 20.4. The van der Waals surface area contributed by atoms with Gasteiger partial charge in [0.1, 0.15) is 0 Å². The Morgan fingerprint density at radius 3 is 2.43 bits per heavy atom. The van der Waals surface area contributed by atoms with Crippen LogP contribution in [-0.4, -0.2) is 37.7 Å². The minimum atomic E-state index is -0.663. The number of rotatable bonds is 8. The van der Waals surface area contributed by atoms with Crippen LogP contribution in [0, 0.1) is 0 Å². The number of carbonyl (C=O) groups is 3. The lowest BCUT2D eigenvalue weighted by Gasteiger charge is -2.09. The van der Waals surface area contributed by atoms with Crippen LogP contribution in [0.5, 0.6) is 11.5 Å². The fraction of sp³-hybridized carbons (Fsp3) is 0.100. The highest BCUT2D eigenvalue weighted by molar-refractivity contribution is 5.94. The summed E-state index contributed by atoms with van der Waals surface area (Å²) in [7, 11) is 1.42. The van der Waals surface area contributed by atoms with E-state index in [-0.39, 0.29) is 29.6 Å². The molecule has 2 amide bonds. The topological polar surface area (TPSA) is 132 Å². The Bertz CT molecular complexity index is 1040. The van der Waals surface area contributed by atoms with E-state index in [2.05, 4.69) is 15.8 Å². The molecule has 3 rings (SSSR count). The standard InChI is InChI=1S/C20H17N3O7/c1-27-17-10-13(6-7-14(17)30-20(26)16-5-3-9-29-16)11-22-23-18(24)12-21-19(25)15-4-2-8-28-15/h2-11H,12H2,1H3,(H,21,25)(H,23,24)/b22-11+. The van der Waals surface area contributed by atoms with Crippen LogP contribution >= 0.6 is 0 Å². The molecule has 10 nitrogen and oxygen atoms in total. The first-order valence-corrected chi connectivity index (χ1v) is 8.64. The van der Waals surface area contributed by atoms with E-state index in [9.17, 15) is 14.4 Å². The molecule has 0 saturated heterocycles. The van der Waals surface area contributed by atoms with Crippen LogP contribution in [-0.2, 0) is 4.79 Å². The van der Waals surface area contributed by atoms with Crippen LogP contribution in [0.3, 0.4) is 0 Å². The lowest BCUT2D eigenvalue weighted by atomic mass is 10.2. The highest BCUT2D eigenvalue weighted by Gasteiger charge is 2.15. The summed E-state index contributed by atoms with van der Waals surface area (Å²) >= 11 is 0. The van der Waals surface area contributed by atoms with Crippen molar-refractivity contribution in [1.82, 2.24) is 10.7 Å². The molecule has 0 aliphatic carbocycles. The van der Waals surface area contributed by atoms with E-state index in [1.807, 2.05) is 0 Å². The lowest BCUT2D eigenvalue weighted by molar-refractivity contribution is -0.120. The molecule has 0 spiro atoms. The third-order valence-corrected chi connectivity index (χ3v) is 3.67. The van der Waals surface area contributed by atoms with E-state index in [0.29, 0.717) is 5.56 Å². The minimum Gasteiger partial charge on any atom is -0.493 e. The predicted octanol–water partition coefficient (Wildman–Crippen LogP) is 1.98. The highest BCUT2D eigenvalue weighted by Crippen LogP contribution is 2.28. The Balaban J connectivity index is 1.53. The average molecular weight is 411 g/mol. The van der Waals surface area contributed by atoms with Crippen molar-refractivity contribution >= 4 is 24.0 Å². The molecular weight excluding hydrogens is 394 g/mol. The van der Waals surface area contributed by atoms with Crippen LogP contribution in [0.2, 0.25) is 0 Å². The van der Waals surface area contributed by atoms with Crippen molar-refractivity contribution in [3.8, 4) is 11.5 Å². The zero-order chi connectivity index (χ0) is 21.3. The van der Waals surface area contributed by atoms with Crippen LogP contribution < -0.4 is 20.2 Å². The molecule has 0 bridgehead atoms. The summed E-state index contributed by atoms with van der Waals surface area (Å²) in [5.41, 5.74) is 2.85. The second-order valence-corrected chi connectivity index (χ2v) is 5.73. The predicted molar refractivity (Wildman–Crippen MR) is 103 cm³/mol. The van der Waals surface area contributed by atoms with Crippen molar-refractivity contribution in [1.29, 1.82) is 0 Å². The number of methoxy groups -OCH3 is 1. The number of amides is 2. The summed E-state index contributed by atoms with van der Waals surface area (Å²) in [6.45, 7) is -0.276. The molecule has 2 aromatic heterocycles. The van der Waals surface area contributed by atoms with Gasteiger partial charge in [-0.05, 0) is 48.0 Å². The molecule has 0 aliphatic rings. The molecule has 0 aliphatic heterocycles. The molecule has 0 fully saturated rings. The zero-order valence-corrected chi connectivity index (χ0v) is 15.8. The Labute approximate surface area is 170 Å². The monoisotopic (exact) mass is 411 g/mol. The molecule has 0 saturated carbocycles. The van der Waals surface area contributed by atoms with Crippen molar-refractivity contribution in [2.45, 2.75) is 0 Å². The van der Waals surface area contributed by atoms with Gasteiger partial charge in [0.2, 0.25) is 5.76 Å². The van der Waals surface area contributed by atoms with Gasteiger partial charge in [0.15, 0.2) is 17.3 Å². The minimum absolute atomic E-state index is 0.0598. The number of nitrogens with one attached hydrogen (secondary N) is 2. The van der Waals surface area contributed by atoms with Crippen LogP contribution in [0.15, 0.2) is 68.9 Å². The summed E-state index contributed by atoms with van der Waals surface area (Å²) in [6.07, 6.45) is 4.09. The maximum atomic E-state index is 12.0. The highest BCUT2D eigenvalue weighted by atomic mass is 16.6. The molecule has 0 atom stereocenters. The van der Waals surface area contributed by atoms with Gasteiger partial charge in [0.25, 0.3) is 11.8 Å². The summed E-state index contributed by atoms with van der Waals surface area (Å²) in [6, 6.07) is 10.8. The molecule has 0 radical (unpaired) electrons. The van der Waals surface area contributed by atoms with Gasteiger partial charge in [0, 0.05) is 0 Å². The molecule has 154 valence electrons. The van der Waals surface area contributed by atoms with E-state index in [0.717, 1.165) is 0 Å². The Morgan fingerprint density at radius 2 is 1.77 bits per heavy atom. The second kappa shape index (κ2) is 9.73. The third kappa shape index (κ3) is 5.35. The van der Waals surface area contributed by atoms with Crippen molar-refractivity contribution in [2.24, 2.45) is 5.10 Å². The first-order valence-electron chi connectivity index (χ1n) is 8.64. The van der Waals surface area contributed by atoms with Gasteiger partial charge in [-0.3, -0.25) is 9.59 Å². The molecule has 2 heterocycles. The zero-order valence-electron chi connectivity index (χ0n) is 15.8. The summed E-state index contributed by atoms with van der Waals surface area (Å²) in [4.78, 5) is 35.4. The SMILES string of the molecule is COc1cc(/C=N/NC(=O)CNC(=O)c2ccco2)ccc1OC(=O)c1ccco1. The molecule has 1 aromatic carbocycles. The van der Waals surface area contributed by atoms with Crippen LogP contribution in [0.25, 0.3) is 0 Å². The maximum Gasteiger partial charge on any atom is 0.379 e. The van der Waals surface area contributed by atoms with E-state index < -0.39 is 17.8 Å². The lowest BCUT2D eigenvalue weighted by Crippen LogP contribution is -2.34. The molecule has 2 N–H and O–H groups in total. The average Bonchev–Trinajstić information content (AvgIpc) is 3.47. The normalized spacial score (nSPS) is 10.6. The Kier molecular flexibility index (Phi) is 6.62. The number of ether oxygens (including phenoxy) is 2. The van der Waals surface area contributed by atoms with Crippen molar-refractivity contribution < 1.29 is 32.7 Å². The molecule has 3 aromatic rings. The fourth-order valence-corrected chi connectivity index (χ4v) is 2.27. The van der Waals surface area contributed by atoms with Crippen LogP contribution in [0.4, 0.5) is 0 Å². The summed E-state index contributed by atoms with van der Waals surface area (Å²) in [5.74, 6) is -1.05. The first-order chi connectivity index (χ1) is 14.6. The van der Waals surface area contributed by atoms with E-state index in [1.165, 1.54) is 44.0 Å². The Hall–Kier alpha value is -4.34. The fourth-order valence-electron chi connectivity index (χ4n) is 2.27. The van der Waals surface area contributed by atoms with Gasteiger partial charge in [-0.1, -0.05) is 0 Å². The number of esters is 1. The second-order valence-electron chi connectivity index (χ2n) is 5.73. The number of hydrogen-bond donors (Lipinski definition) is 2.